The van der Waals surface area contributed by atoms with Crippen LogP contribution in [0.3, 0.4) is 0 Å². The minimum atomic E-state index is -0.254. The van der Waals surface area contributed by atoms with Crippen LogP contribution >= 0.6 is 46.1 Å². The Labute approximate surface area is 204 Å². The first-order chi connectivity index (χ1) is 15.5. The van der Waals surface area contributed by atoms with Crippen molar-refractivity contribution in [3.63, 3.8) is 0 Å². The molecule has 1 aromatic carbocycles. The minimum absolute atomic E-state index is 0.254. The fraction of sp³-hybridized carbons (Fsp3) is 0.273. The first-order valence-corrected chi connectivity index (χ1v) is 12.1. The van der Waals surface area contributed by atoms with E-state index >= 15 is 0 Å². The molecule has 3 aromatic rings. The monoisotopic (exact) mass is 508 g/mol. The maximum Gasteiger partial charge on any atom is 0.286 e. The second-order valence-corrected chi connectivity index (χ2v) is 10.2. The fourth-order valence-electron chi connectivity index (χ4n) is 3.97. The zero-order valence-corrected chi connectivity index (χ0v) is 20.0. The summed E-state index contributed by atoms with van der Waals surface area (Å²) in [4.78, 5) is 14.1. The van der Waals surface area contributed by atoms with Gasteiger partial charge in [-0.2, -0.15) is 5.10 Å². The molecular weight excluding hydrogens is 491 g/mol. The largest absolute Gasteiger partial charge is 0.372 e. The second kappa shape index (κ2) is 9.17. The zero-order valence-electron chi connectivity index (χ0n) is 16.9. The Bertz CT molecular complexity index is 1210. The van der Waals surface area contributed by atoms with Gasteiger partial charge < -0.3 is 4.74 Å². The maximum absolute atomic E-state index is 13.2. The molecule has 0 aliphatic carbocycles. The molecule has 166 valence electrons. The van der Waals surface area contributed by atoms with Gasteiger partial charge in [0.2, 0.25) is 0 Å². The molecule has 5 rings (SSSR count). The Morgan fingerprint density at radius 3 is 2.66 bits per heavy atom. The quantitative estimate of drug-likeness (QED) is 0.490. The van der Waals surface area contributed by atoms with Crippen molar-refractivity contribution in [2.24, 2.45) is 0 Å². The van der Waals surface area contributed by atoms with Crippen LogP contribution in [0.4, 0.5) is 0 Å². The highest BCUT2D eigenvalue weighted by molar-refractivity contribution is 7.17. The van der Waals surface area contributed by atoms with Crippen molar-refractivity contribution < 1.29 is 9.53 Å². The van der Waals surface area contributed by atoms with Crippen LogP contribution in [0.1, 0.15) is 39.5 Å². The number of aromatic nitrogens is 2. The van der Waals surface area contributed by atoms with Gasteiger partial charge in [-0.3, -0.25) is 10.2 Å². The molecule has 1 N–H and O–H groups in total. The van der Waals surface area contributed by atoms with Gasteiger partial charge in [0.25, 0.3) is 5.91 Å². The highest BCUT2D eigenvalue weighted by atomic mass is 35.5. The number of carbonyl (C=O) groups excluding carboxylic acids is 1. The lowest BCUT2D eigenvalue weighted by atomic mass is 10.0. The smallest absolute Gasteiger partial charge is 0.286 e. The lowest BCUT2D eigenvalue weighted by molar-refractivity contribution is 0.0813. The summed E-state index contributed by atoms with van der Waals surface area (Å²) in [6.45, 7) is 2.33. The molecule has 0 bridgehead atoms. The molecule has 4 heterocycles. The number of thiophene rings is 1. The summed E-state index contributed by atoms with van der Waals surface area (Å²) >= 11 is 20.2. The number of carbonyl (C=O) groups is 1. The van der Waals surface area contributed by atoms with Crippen LogP contribution in [0.25, 0.3) is 17.3 Å². The average Bonchev–Trinajstić information content (AvgIpc) is 3.49. The van der Waals surface area contributed by atoms with Crippen molar-refractivity contribution in [2.75, 3.05) is 19.7 Å². The number of hydrazine groups is 1. The van der Waals surface area contributed by atoms with Gasteiger partial charge in [0.05, 0.1) is 34.0 Å². The van der Waals surface area contributed by atoms with Gasteiger partial charge in [0.15, 0.2) is 5.69 Å². The molecule has 10 heteroatoms. The first-order valence-electron chi connectivity index (χ1n) is 10.2. The molecule has 0 unspecified atom stereocenters. The Hall–Kier alpha value is -1.87. The number of hydrogen-bond acceptors (Lipinski definition) is 5. The molecule has 2 aromatic heterocycles. The van der Waals surface area contributed by atoms with Crippen LogP contribution in [0.2, 0.25) is 14.4 Å². The molecule has 2 aliphatic heterocycles. The van der Waals surface area contributed by atoms with E-state index in [4.69, 9.17) is 44.6 Å². The summed E-state index contributed by atoms with van der Waals surface area (Å²) in [7, 11) is 0. The van der Waals surface area contributed by atoms with Gasteiger partial charge in [-0.05, 0) is 49.2 Å². The number of nitrogens with one attached hydrogen (secondary N) is 1. The van der Waals surface area contributed by atoms with Gasteiger partial charge >= 0.3 is 0 Å². The van der Waals surface area contributed by atoms with Crippen molar-refractivity contribution in [2.45, 2.75) is 19.4 Å². The Morgan fingerprint density at radius 2 is 1.94 bits per heavy atom. The number of halogens is 3. The van der Waals surface area contributed by atoms with Gasteiger partial charge in [-0.15, -0.1) is 11.3 Å². The Kier molecular flexibility index (Phi) is 6.29. The number of rotatable bonds is 4. The van der Waals surface area contributed by atoms with Crippen LogP contribution in [0.15, 0.2) is 30.3 Å². The predicted molar refractivity (Wildman–Crippen MR) is 129 cm³/mol. The lowest BCUT2D eigenvalue weighted by Crippen LogP contribution is -2.40. The van der Waals surface area contributed by atoms with Gasteiger partial charge in [-0.25, -0.2) is 9.69 Å². The van der Waals surface area contributed by atoms with Crippen molar-refractivity contribution in [3.05, 3.63) is 66.5 Å². The van der Waals surface area contributed by atoms with Crippen LogP contribution < -0.4 is 5.43 Å². The molecule has 0 radical (unpaired) electrons. The van der Waals surface area contributed by atoms with Crippen LogP contribution in [0, 0.1) is 0 Å². The highest BCUT2D eigenvalue weighted by Crippen LogP contribution is 2.36. The molecule has 0 atom stereocenters. The molecular formula is C22H19Cl3N4O2S. The third-order valence-electron chi connectivity index (χ3n) is 5.42. The van der Waals surface area contributed by atoms with Crippen LogP contribution in [-0.2, 0) is 11.3 Å². The molecule has 32 heavy (non-hydrogen) atoms. The first kappa shape index (κ1) is 21.9. The van der Waals surface area contributed by atoms with E-state index in [1.54, 1.807) is 22.9 Å². The molecule has 1 amide bonds. The summed E-state index contributed by atoms with van der Waals surface area (Å²) in [6, 6.07) is 9.02. The summed E-state index contributed by atoms with van der Waals surface area (Å²) < 4.78 is 8.27. The number of amides is 1. The van der Waals surface area contributed by atoms with E-state index in [1.165, 1.54) is 11.3 Å². The SMILES string of the molecule is O=C(NN1CCCC1)c1nn(-c2ccc(Cl)cc2Cl)c2c1COCC2=Cc1ccc(Cl)s1. The molecule has 0 spiro atoms. The van der Waals surface area contributed by atoms with Gasteiger partial charge in [0, 0.05) is 34.1 Å². The zero-order chi connectivity index (χ0) is 22.2. The number of ether oxygens (including phenoxy) is 1. The minimum Gasteiger partial charge on any atom is -0.372 e. The van der Waals surface area contributed by atoms with Crippen molar-refractivity contribution in [3.8, 4) is 5.69 Å². The maximum atomic E-state index is 13.2. The predicted octanol–water partition coefficient (Wildman–Crippen LogP) is 5.71. The van der Waals surface area contributed by atoms with E-state index in [0.717, 1.165) is 47.6 Å². The summed E-state index contributed by atoms with van der Waals surface area (Å²) in [5.74, 6) is -0.254. The number of hydrogen-bond donors (Lipinski definition) is 1. The van der Waals surface area contributed by atoms with E-state index in [9.17, 15) is 4.79 Å². The van der Waals surface area contributed by atoms with Crippen LogP contribution in [-0.4, -0.2) is 40.4 Å². The molecule has 2 aliphatic rings. The number of fused-ring (bicyclic) bond motifs is 1. The van der Waals surface area contributed by atoms with E-state index < -0.39 is 0 Å². The van der Waals surface area contributed by atoms with Crippen molar-refractivity contribution in [1.29, 1.82) is 0 Å². The van der Waals surface area contributed by atoms with E-state index in [0.29, 0.717) is 32.4 Å². The standard InChI is InChI=1S/C22H19Cl3N4O2S/c23-14-3-5-18(17(24)10-14)29-21-13(9-15-4-6-19(25)32-15)11-31-12-16(21)20(26-29)22(30)27-28-7-1-2-8-28/h3-6,9-10H,1-2,7-8,11-12H2,(H,27,30). The van der Waals surface area contributed by atoms with E-state index in [1.807, 2.05) is 23.2 Å². The van der Waals surface area contributed by atoms with Gasteiger partial charge in [-0.1, -0.05) is 34.8 Å². The summed E-state index contributed by atoms with van der Waals surface area (Å²) in [5.41, 5.74) is 6.37. The lowest BCUT2D eigenvalue weighted by Gasteiger charge is -2.19. The average molecular weight is 510 g/mol. The highest BCUT2D eigenvalue weighted by Gasteiger charge is 2.30. The second-order valence-electron chi connectivity index (χ2n) is 7.62. The van der Waals surface area contributed by atoms with E-state index in [2.05, 4.69) is 5.43 Å². The number of benzene rings is 1. The molecule has 6 nitrogen and oxygen atoms in total. The number of nitrogens with zero attached hydrogens (tertiary/aromatic N) is 3. The molecule has 1 saturated heterocycles. The summed E-state index contributed by atoms with van der Waals surface area (Å²) in [5, 5.41) is 7.60. The van der Waals surface area contributed by atoms with Crippen molar-refractivity contribution >= 4 is 63.7 Å². The normalized spacial score (nSPS) is 17.7. The topological polar surface area (TPSA) is 59.4 Å². The third-order valence-corrected chi connectivity index (χ3v) is 7.14. The Balaban J connectivity index is 1.64. The molecule has 0 saturated carbocycles. The third kappa shape index (κ3) is 4.33. The molecule has 1 fully saturated rings. The van der Waals surface area contributed by atoms with Gasteiger partial charge in [0.1, 0.15) is 0 Å². The summed E-state index contributed by atoms with van der Waals surface area (Å²) in [6.07, 6.45) is 4.14. The Morgan fingerprint density at radius 1 is 1.12 bits per heavy atom. The van der Waals surface area contributed by atoms with Crippen LogP contribution in [0.5, 0.6) is 0 Å². The fourth-order valence-corrected chi connectivity index (χ4v) is 5.49. The van der Waals surface area contributed by atoms with Crippen molar-refractivity contribution in [1.82, 2.24) is 20.2 Å². The van der Waals surface area contributed by atoms with E-state index in [-0.39, 0.29) is 12.5 Å².